The van der Waals surface area contributed by atoms with Gasteiger partial charge in [0.15, 0.2) is 0 Å². The Morgan fingerprint density at radius 3 is 2.58 bits per heavy atom. The van der Waals surface area contributed by atoms with E-state index in [1.807, 2.05) is 0 Å². The van der Waals surface area contributed by atoms with Crippen LogP contribution in [0.25, 0.3) is 0 Å². The van der Waals surface area contributed by atoms with Crippen LogP contribution in [-0.4, -0.2) is 36.9 Å². The molecule has 0 spiro atoms. The van der Waals surface area contributed by atoms with E-state index >= 15 is 0 Å². The highest BCUT2D eigenvalue weighted by Crippen LogP contribution is 2.30. The monoisotopic (exact) mass is 270 g/mol. The average Bonchev–Trinajstić information content (AvgIpc) is 2.38. The Labute approximate surface area is 110 Å². The number of hydrogen-bond acceptors (Lipinski definition) is 3. The highest BCUT2D eigenvalue weighted by Gasteiger charge is 2.36. The van der Waals surface area contributed by atoms with Crippen molar-refractivity contribution in [3.63, 3.8) is 0 Å². The summed E-state index contributed by atoms with van der Waals surface area (Å²) in [5, 5.41) is 0. The first kappa shape index (κ1) is 13.6. The van der Waals surface area contributed by atoms with Gasteiger partial charge in [0.25, 0.3) is 11.8 Å². The molecule has 6 heteroatoms. The fourth-order valence-corrected chi connectivity index (χ4v) is 2.12. The molecule has 2 rings (SSSR count). The summed E-state index contributed by atoms with van der Waals surface area (Å²) in [4.78, 5) is 13.7. The predicted octanol–water partition coefficient (Wildman–Crippen LogP) is 2.15. The number of ether oxygens (including phenoxy) is 1. The Morgan fingerprint density at radius 1 is 1.37 bits per heavy atom. The predicted molar refractivity (Wildman–Crippen MR) is 67.5 cm³/mol. The molecule has 104 valence electrons. The molecule has 1 saturated heterocycles. The van der Waals surface area contributed by atoms with Gasteiger partial charge in [0.05, 0.1) is 18.4 Å². The van der Waals surface area contributed by atoms with E-state index in [-0.39, 0.29) is 37.5 Å². The summed E-state index contributed by atoms with van der Waals surface area (Å²) in [6.45, 7) is 0.0883. The molecule has 1 fully saturated rings. The second kappa shape index (κ2) is 5.03. The molecular formula is C13H16F2N2O2. The molecule has 0 saturated carbocycles. The second-order valence-corrected chi connectivity index (χ2v) is 4.57. The van der Waals surface area contributed by atoms with Gasteiger partial charge in [0, 0.05) is 25.9 Å². The van der Waals surface area contributed by atoms with Crippen LogP contribution in [0.4, 0.5) is 14.5 Å². The topological polar surface area (TPSA) is 55.6 Å². The number of nitrogens with zero attached hydrogens (tertiary/aromatic N) is 1. The van der Waals surface area contributed by atoms with Gasteiger partial charge in [0.1, 0.15) is 5.75 Å². The molecule has 1 aliphatic heterocycles. The van der Waals surface area contributed by atoms with Crippen molar-refractivity contribution in [3.05, 3.63) is 23.8 Å². The van der Waals surface area contributed by atoms with Crippen molar-refractivity contribution >= 4 is 11.6 Å². The van der Waals surface area contributed by atoms with E-state index in [1.165, 1.54) is 12.0 Å². The van der Waals surface area contributed by atoms with E-state index in [0.717, 1.165) is 0 Å². The molecule has 2 N–H and O–H groups in total. The van der Waals surface area contributed by atoms with Crippen molar-refractivity contribution < 1.29 is 18.3 Å². The summed E-state index contributed by atoms with van der Waals surface area (Å²) >= 11 is 0. The Hall–Kier alpha value is -1.85. The van der Waals surface area contributed by atoms with Gasteiger partial charge in [0.2, 0.25) is 0 Å². The highest BCUT2D eigenvalue weighted by atomic mass is 19.3. The number of nitrogen functional groups attached to an aromatic ring is 1. The number of nitrogens with two attached hydrogens (primary N) is 1. The minimum absolute atomic E-state index is 0.0441. The largest absolute Gasteiger partial charge is 0.495 e. The minimum atomic E-state index is -2.67. The van der Waals surface area contributed by atoms with Crippen LogP contribution in [0.15, 0.2) is 18.2 Å². The second-order valence-electron chi connectivity index (χ2n) is 4.57. The lowest BCUT2D eigenvalue weighted by molar-refractivity contribution is -0.0494. The molecule has 1 aromatic carbocycles. The molecule has 1 amide bonds. The summed E-state index contributed by atoms with van der Waals surface area (Å²) < 4.78 is 31.2. The third-order valence-electron chi connectivity index (χ3n) is 3.30. The maximum atomic E-state index is 13.1. The number of amides is 1. The van der Waals surface area contributed by atoms with Crippen molar-refractivity contribution in [2.24, 2.45) is 0 Å². The fraction of sp³-hybridized carbons (Fsp3) is 0.462. The first-order valence-electron chi connectivity index (χ1n) is 6.04. The zero-order chi connectivity index (χ0) is 14.0. The van der Waals surface area contributed by atoms with Gasteiger partial charge in [-0.15, -0.1) is 0 Å². The first-order valence-corrected chi connectivity index (χ1v) is 6.04. The molecule has 1 aromatic rings. The number of methoxy groups -OCH3 is 1. The normalized spacial score (nSPS) is 18.2. The number of likely N-dealkylation sites (tertiary alicyclic amines) is 1. The van der Waals surface area contributed by atoms with Gasteiger partial charge >= 0.3 is 0 Å². The van der Waals surface area contributed by atoms with Crippen molar-refractivity contribution in [1.82, 2.24) is 4.90 Å². The van der Waals surface area contributed by atoms with Crippen LogP contribution in [0.1, 0.15) is 23.2 Å². The Morgan fingerprint density at radius 2 is 2.00 bits per heavy atom. The number of hydrogen-bond donors (Lipinski definition) is 1. The number of halogens is 2. The number of anilines is 1. The van der Waals surface area contributed by atoms with E-state index < -0.39 is 5.92 Å². The first-order chi connectivity index (χ1) is 8.94. The van der Waals surface area contributed by atoms with Crippen LogP contribution in [0, 0.1) is 0 Å². The van der Waals surface area contributed by atoms with Crippen LogP contribution in [0.5, 0.6) is 5.75 Å². The lowest BCUT2D eigenvalue weighted by Gasteiger charge is -2.32. The standard InChI is InChI=1S/C13H16F2N2O2/c1-19-10-4-2-3-9(11(10)16)12(18)17-7-5-13(14,15)6-8-17/h2-4H,5-8,16H2,1H3. The van der Waals surface area contributed by atoms with E-state index in [4.69, 9.17) is 10.5 Å². The average molecular weight is 270 g/mol. The summed E-state index contributed by atoms with van der Waals surface area (Å²) in [5.41, 5.74) is 6.37. The smallest absolute Gasteiger partial charge is 0.256 e. The molecule has 0 aliphatic carbocycles. The van der Waals surface area contributed by atoms with Crippen LogP contribution in [-0.2, 0) is 0 Å². The van der Waals surface area contributed by atoms with Crippen molar-refractivity contribution in [2.75, 3.05) is 25.9 Å². The fourth-order valence-electron chi connectivity index (χ4n) is 2.12. The summed E-state index contributed by atoms with van der Waals surface area (Å²) in [6, 6.07) is 4.88. The van der Waals surface area contributed by atoms with Gasteiger partial charge < -0.3 is 15.4 Å². The molecule has 0 radical (unpaired) electrons. The van der Waals surface area contributed by atoms with Crippen LogP contribution < -0.4 is 10.5 Å². The summed E-state index contributed by atoms with van der Waals surface area (Å²) in [7, 11) is 1.46. The number of para-hydroxylation sites is 1. The third-order valence-corrected chi connectivity index (χ3v) is 3.30. The molecule has 0 aromatic heterocycles. The number of alkyl halides is 2. The van der Waals surface area contributed by atoms with Gasteiger partial charge in [-0.25, -0.2) is 8.78 Å². The van der Waals surface area contributed by atoms with Crippen LogP contribution >= 0.6 is 0 Å². The lowest BCUT2D eigenvalue weighted by atomic mass is 10.0. The van der Waals surface area contributed by atoms with Crippen molar-refractivity contribution in [3.8, 4) is 5.75 Å². The Bertz CT molecular complexity index is 482. The van der Waals surface area contributed by atoms with Gasteiger partial charge in [-0.3, -0.25) is 4.79 Å². The molecule has 0 atom stereocenters. The number of carbonyl (C=O) groups is 1. The third kappa shape index (κ3) is 2.77. The van der Waals surface area contributed by atoms with E-state index in [2.05, 4.69) is 0 Å². The van der Waals surface area contributed by atoms with E-state index in [1.54, 1.807) is 18.2 Å². The number of rotatable bonds is 2. The summed E-state index contributed by atoms with van der Waals surface area (Å²) in [6.07, 6.45) is -0.606. The van der Waals surface area contributed by atoms with Crippen LogP contribution in [0.3, 0.4) is 0 Å². The number of benzene rings is 1. The molecule has 4 nitrogen and oxygen atoms in total. The SMILES string of the molecule is COc1cccc(C(=O)N2CCC(F)(F)CC2)c1N. The summed E-state index contributed by atoms with van der Waals surface area (Å²) in [5.74, 6) is -2.59. The molecule has 0 bridgehead atoms. The van der Waals surface area contributed by atoms with Crippen molar-refractivity contribution in [1.29, 1.82) is 0 Å². The van der Waals surface area contributed by atoms with Crippen LogP contribution in [0.2, 0.25) is 0 Å². The molecule has 1 heterocycles. The minimum Gasteiger partial charge on any atom is -0.495 e. The van der Waals surface area contributed by atoms with Gasteiger partial charge in [-0.1, -0.05) is 6.07 Å². The zero-order valence-corrected chi connectivity index (χ0v) is 10.7. The maximum absolute atomic E-state index is 13.1. The number of carbonyl (C=O) groups excluding carboxylic acids is 1. The maximum Gasteiger partial charge on any atom is 0.256 e. The van der Waals surface area contributed by atoms with Gasteiger partial charge in [-0.2, -0.15) is 0 Å². The van der Waals surface area contributed by atoms with E-state index in [0.29, 0.717) is 11.3 Å². The molecule has 1 aliphatic rings. The van der Waals surface area contributed by atoms with Gasteiger partial charge in [-0.05, 0) is 12.1 Å². The molecule has 19 heavy (non-hydrogen) atoms. The Kier molecular flexibility index (Phi) is 3.59. The highest BCUT2D eigenvalue weighted by molar-refractivity contribution is 6.00. The lowest BCUT2D eigenvalue weighted by Crippen LogP contribution is -2.42. The number of piperidine rings is 1. The quantitative estimate of drug-likeness (QED) is 0.838. The zero-order valence-electron chi connectivity index (χ0n) is 10.7. The van der Waals surface area contributed by atoms with Crippen molar-refractivity contribution in [2.45, 2.75) is 18.8 Å². The molecule has 0 unspecified atom stereocenters. The van der Waals surface area contributed by atoms with E-state index in [9.17, 15) is 13.6 Å². The Balaban J connectivity index is 2.17. The molecular weight excluding hydrogens is 254 g/mol.